The second-order valence-corrected chi connectivity index (χ2v) is 16.6. The lowest BCUT2D eigenvalue weighted by Crippen LogP contribution is -2.50. The first kappa shape index (κ1) is 55.0. The first-order valence-electron chi connectivity index (χ1n) is 23.3. The molecule has 0 saturated carbocycles. The van der Waals surface area contributed by atoms with E-state index in [1.54, 1.807) is 0 Å². The van der Waals surface area contributed by atoms with Gasteiger partial charge in [-0.05, 0) is 70.6 Å². The number of aliphatic carboxylic acids is 1. The van der Waals surface area contributed by atoms with Crippen molar-refractivity contribution in [3.8, 4) is 0 Å². The quantitative estimate of drug-likeness (QED) is 0.0284. The van der Waals surface area contributed by atoms with Gasteiger partial charge in [-0.25, -0.2) is 4.79 Å². The third kappa shape index (κ3) is 38.5. The van der Waals surface area contributed by atoms with E-state index in [0.717, 1.165) is 77.0 Å². The van der Waals surface area contributed by atoms with E-state index < -0.39 is 18.1 Å². The van der Waals surface area contributed by atoms with Gasteiger partial charge < -0.3 is 23.8 Å². The zero-order valence-electron chi connectivity index (χ0n) is 38.0. The van der Waals surface area contributed by atoms with Crippen LogP contribution >= 0.6 is 0 Å². The van der Waals surface area contributed by atoms with Crippen LogP contribution in [0, 0.1) is 0 Å². The third-order valence-corrected chi connectivity index (χ3v) is 10.2. The summed E-state index contributed by atoms with van der Waals surface area (Å²) in [6, 6.07) is -0.617. The maximum atomic E-state index is 12.7. The Kier molecular flexibility index (Phi) is 38.7. The Bertz CT molecular complexity index is 1130. The smallest absolute Gasteiger partial charge is 0.362 e. The van der Waals surface area contributed by atoms with Crippen LogP contribution in [0.1, 0.15) is 187 Å². The molecule has 58 heavy (non-hydrogen) atoms. The largest absolute Gasteiger partial charge is 0.477 e. The Morgan fingerprint density at radius 1 is 0.534 bits per heavy atom. The summed E-state index contributed by atoms with van der Waals surface area (Å²) < 4.78 is 17.3. The Morgan fingerprint density at radius 2 is 0.966 bits per heavy atom. The molecule has 8 nitrogen and oxygen atoms in total. The van der Waals surface area contributed by atoms with Gasteiger partial charge in [0.05, 0.1) is 34.4 Å². The summed E-state index contributed by atoms with van der Waals surface area (Å²) in [4.78, 5) is 37.0. The minimum Gasteiger partial charge on any atom is -0.477 e. The van der Waals surface area contributed by atoms with E-state index >= 15 is 0 Å². The van der Waals surface area contributed by atoms with Crippen molar-refractivity contribution in [1.82, 2.24) is 0 Å². The lowest BCUT2D eigenvalue weighted by atomic mass is 10.0. The molecule has 0 bridgehead atoms. The van der Waals surface area contributed by atoms with Crippen LogP contribution in [0.2, 0.25) is 0 Å². The molecule has 1 N–H and O–H groups in total. The van der Waals surface area contributed by atoms with Crippen LogP contribution in [0.4, 0.5) is 0 Å². The molecule has 0 aromatic carbocycles. The van der Waals surface area contributed by atoms with Crippen LogP contribution in [-0.2, 0) is 28.6 Å². The Hall–Kier alpha value is -2.97. The lowest BCUT2D eigenvalue weighted by molar-refractivity contribution is -0.887. The fraction of sp³-hybridized carbons (Fsp3) is 0.740. The number of hydrogen-bond acceptors (Lipinski definition) is 6. The molecule has 2 unspecified atom stereocenters. The molecule has 0 fully saturated rings. The number of carbonyl (C=O) groups is 3. The Balaban J connectivity index is 4.25. The second kappa shape index (κ2) is 40.8. The van der Waals surface area contributed by atoms with Crippen LogP contribution in [-0.4, -0.2) is 80.6 Å². The van der Waals surface area contributed by atoms with Gasteiger partial charge in [0.25, 0.3) is 0 Å². The van der Waals surface area contributed by atoms with Crippen LogP contribution in [0.5, 0.6) is 0 Å². The zero-order valence-corrected chi connectivity index (χ0v) is 38.0. The topological polar surface area (TPSA) is 99.1 Å². The molecule has 0 saturated heterocycles. The number of allylic oxidation sites excluding steroid dienone is 10. The van der Waals surface area contributed by atoms with Crippen LogP contribution in [0.3, 0.4) is 0 Å². The summed E-state index contributed by atoms with van der Waals surface area (Å²) in [6.45, 7) is 4.57. The number of unbranched alkanes of at least 4 members (excludes halogenated alkanes) is 17. The van der Waals surface area contributed by atoms with Crippen molar-refractivity contribution in [2.75, 3.05) is 41.0 Å². The van der Waals surface area contributed by atoms with Gasteiger partial charge in [0, 0.05) is 19.3 Å². The van der Waals surface area contributed by atoms with Gasteiger partial charge in [-0.3, -0.25) is 9.59 Å². The van der Waals surface area contributed by atoms with Crippen molar-refractivity contribution >= 4 is 17.9 Å². The van der Waals surface area contributed by atoms with Crippen molar-refractivity contribution in [2.24, 2.45) is 0 Å². The summed E-state index contributed by atoms with van der Waals surface area (Å²) in [5, 5.41) is 9.62. The number of carboxylic acid groups (broad SMARTS) is 1. The summed E-state index contributed by atoms with van der Waals surface area (Å²) in [7, 11) is 5.52. The number of rotatable bonds is 41. The highest BCUT2D eigenvalue weighted by Crippen LogP contribution is 2.14. The van der Waals surface area contributed by atoms with E-state index in [-0.39, 0.29) is 36.2 Å². The molecule has 0 aliphatic heterocycles. The van der Waals surface area contributed by atoms with Crippen molar-refractivity contribution < 1.29 is 38.2 Å². The third-order valence-electron chi connectivity index (χ3n) is 10.2. The second-order valence-electron chi connectivity index (χ2n) is 16.6. The molecule has 0 aliphatic carbocycles. The number of carboxylic acids is 1. The summed E-state index contributed by atoms with van der Waals surface area (Å²) in [5.41, 5.74) is 0. The minimum absolute atomic E-state index is 0.0554. The summed E-state index contributed by atoms with van der Waals surface area (Å²) in [6.07, 6.45) is 49.8. The molecular weight excluding hydrogens is 727 g/mol. The predicted molar refractivity (Wildman–Crippen MR) is 243 cm³/mol. The highest BCUT2D eigenvalue weighted by atomic mass is 16.6. The number of nitrogens with zero attached hydrogens (tertiary/aromatic N) is 1. The zero-order chi connectivity index (χ0) is 42.8. The van der Waals surface area contributed by atoms with E-state index in [1.807, 2.05) is 21.1 Å². The van der Waals surface area contributed by atoms with Crippen molar-refractivity contribution in [1.29, 1.82) is 0 Å². The fourth-order valence-electron chi connectivity index (χ4n) is 6.53. The maximum absolute atomic E-state index is 12.7. The van der Waals surface area contributed by atoms with Crippen LogP contribution < -0.4 is 0 Å². The average molecular weight is 815 g/mol. The standard InChI is InChI=1S/C50H87NO7/c1-6-8-10-12-14-16-18-19-20-21-22-23-24-25-26-27-28-29-31-33-35-37-39-41-49(53)58-46(44-56-43-42-47(50(54)55)51(3,4)5)45-57-48(52)40-38-36-34-32-30-17-15-13-11-9-7-2/h8,10,13-16,19-20,22-23,46-47H,6-7,9,11-12,17-18,21,24-45H2,1-5H3/p+1/b10-8-,15-13-,16-14-,20-19-,23-22-. The number of quaternary nitrogens is 1. The fourth-order valence-corrected chi connectivity index (χ4v) is 6.53. The van der Waals surface area contributed by atoms with Gasteiger partial charge in [-0.2, -0.15) is 0 Å². The van der Waals surface area contributed by atoms with Crippen LogP contribution in [0.15, 0.2) is 60.8 Å². The molecule has 0 amide bonds. The summed E-state index contributed by atoms with van der Waals surface area (Å²) in [5.74, 6) is -1.49. The average Bonchev–Trinajstić information content (AvgIpc) is 3.18. The van der Waals surface area contributed by atoms with Gasteiger partial charge in [-0.15, -0.1) is 0 Å². The monoisotopic (exact) mass is 815 g/mol. The number of ether oxygens (including phenoxy) is 3. The lowest BCUT2D eigenvalue weighted by Gasteiger charge is -2.31. The Morgan fingerprint density at radius 3 is 1.45 bits per heavy atom. The molecule has 0 spiro atoms. The van der Waals surface area contributed by atoms with E-state index in [4.69, 9.17) is 14.2 Å². The van der Waals surface area contributed by atoms with Crippen LogP contribution in [0.25, 0.3) is 0 Å². The van der Waals surface area contributed by atoms with Gasteiger partial charge in [0.2, 0.25) is 0 Å². The van der Waals surface area contributed by atoms with E-state index in [1.165, 1.54) is 77.0 Å². The van der Waals surface area contributed by atoms with Gasteiger partial charge in [-0.1, -0.05) is 158 Å². The summed E-state index contributed by atoms with van der Waals surface area (Å²) >= 11 is 0. The molecule has 0 aliphatic rings. The highest BCUT2D eigenvalue weighted by molar-refractivity contribution is 5.72. The molecule has 0 heterocycles. The van der Waals surface area contributed by atoms with Gasteiger partial charge in [0.15, 0.2) is 12.1 Å². The maximum Gasteiger partial charge on any atom is 0.362 e. The first-order valence-corrected chi connectivity index (χ1v) is 23.3. The number of hydrogen-bond donors (Lipinski definition) is 1. The molecule has 334 valence electrons. The Labute approximate surface area is 356 Å². The van der Waals surface area contributed by atoms with E-state index in [2.05, 4.69) is 74.6 Å². The number of likely N-dealkylation sites (N-methyl/N-ethyl adjacent to an activating group) is 1. The first-order chi connectivity index (χ1) is 28.1. The molecule has 0 radical (unpaired) electrons. The SMILES string of the molecule is CC/C=C\C/C=C\C/C=C\C/C=C\CCCCCCCCCCCCC(=O)OC(COCCC(C(=O)O)[N+](C)(C)C)COC(=O)CCCCCCC/C=C\CCCC. The number of carbonyl (C=O) groups excluding carboxylic acids is 2. The van der Waals surface area contributed by atoms with Gasteiger partial charge in [0.1, 0.15) is 6.61 Å². The molecule has 0 rings (SSSR count). The predicted octanol–water partition coefficient (Wildman–Crippen LogP) is 13.0. The van der Waals surface area contributed by atoms with Crippen molar-refractivity contribution in [3.63, 3.8) is 0 Å². The number of esters is 2. The van der Waals surface area contributed by atoms with E-state index in [9.17, 15) is 19.5 Å². The highest BCUT2D eigenvalue weighted by Gasteiger charge is 2.31. The molecule has 8 heteroatoms. The van der Waals surface area contributed by atoms with Crippen molar-refractivity contribution in [2.45, 2.75) is 199 Å². The van der Waals surface area contributed by atoms with Crippen molar-refractivity contribution in [3.05, 3.63) is 60.8 Å². The molecule has 2 atom stereocenters. The van der Waals surface area contributed by atoms with E-state index in [0.29, 0.717) is 19.3 Å². The molecular formula is C50H88NO7+. The minimum atomic E-state index is -0.878. The molecule has 0 aromatic rings. The molecule has 0 aromatic heterocycles. The van der Waals surface area contributed by atoms with Gasteiger partial charge >= 0.3 is 17.9 Å². The normalized spacial score (nSPS) is 13.5.